The van der Waals surface area contributed by atoms with Crippen molar-refractivity contribution in [1.82, 2.24) is 0 Å². The monoisotopic (exact) mass is 266 g/mol. The lowest BCUT2D eigenvalue weighted by molar-refractivity contribution is 0.104. The zero-order valence-electron chi connectivity index (χ0n) is 11.0. The van der Waals surface area contributed by atoms with Gasteiger partial charge in [0.1, 0.15) is 0 Å². The highest BCUT2D eigenvalue weighted by Crippen LogP contribution is 2.25. The van der Waals surface area contributed by atoms with Crippen molar-refractivity contribution in [2.24, 2.45) is 0 Å². The molecule has 0 atom stereocenters. The normalized spacial score (nSPS) is 10.2. The van der Waals surface area contributed by atoms with Crippen molar-refractivity contribution >= 4 is 29.3 Å². The Morgan fingerprint density at radius 3 is 1.94 bits per heavy atom. The average molecular weight is 266 g/mol. The molecule has 17 heavy (non-hydrogen) atoms. The molecular weight excluding hydrogens is 248 g/mol. The van der Waals surface area contributed by atoms with E-state index in [1.807, 2.05) is 26.4 Å². The van der Waals surface area contributed by atoms with Crippen LogP contribution in [0.4, 0.5) is 0 Å². The summed E-state index contributed by atoms with van der Waals surface area (Å²) in [5.74, 6) is 0.110. The number of benzene rings is 1. The molecule has 1 aromatic rings. The van der Waals surface area contributed by atoms with Crippen LogP contribution in [0.5, 0.6) is 0 Å². The van der Waals surface area contributed by atoms with Gasteiger partial charge in [0.15, 0.2) is 5.78 Å². The van der Waals surface area contributed by atoms with Crippen LogP contribution in [0.3, 0.4) is 0 Å². The predicted molar refractivity (Wildman–Crippen MR) is 80.1 cm³/mol. The van der Waals surface area contributed by atoms with Crippen LogP contribution >= 0.6 is 23.5 Å². The number of ketones is 1. The van der Waals surface area contributed by atoms with Crippen molar-refractivity contribution in [3.8, 4) is 0 Å². The van der Waals surface area contributed by atoms with E-state index in [2.05, 4.69) is 19.1 Å². The van der Waals surface area contributed by atoms with Crippen molar-refractivity contribution in [2.75, 3.05) is 12.5 Å². The quantitative estimate of drug-likeness (QED) is 0.595. The average Bonchev–Trinajstić information content (AvgIpc) is 2.24. The third kappa shape index (κ3) is 3.65. The van der Waals surface area contributed by atoms with Gasteiger partial charge in [-0.2, -0.15) is 0 Å². The maximum Gasteiger partial charge on any atom is 0.188 e. The molecule has 0 aliphatic rings. The van der Waals surface area contributed by atoms with Gasteiger partial charge in [-0.3, -0.25) is 4.79 Å². The second kappa shape index (κ2) is 6.31. The number of carbonyl (C=O) groups excluding carboxylic acids is 1. The van der Waals surface area contributed by atoms with Gasteiger partial charge >= 0.3 is 0 Å². The molecule has 0 saturated heterocycles. The van der Waals surface area contributed by atoms with Crippen molar-refractivity contribution in [1.29, 1.82) is 0 Å². The topological polar surface area (TPSA) is 17.1 Å². The number of allylic oxidation sites excluding steroid dienone is 1. The lowest BCUT2D eigenvalue weighted by Gasteiger charge is -2.08. The van der Waals surface area contributed by atoms with E-state index in [1.54, 1.807) is 29.6 Å². The first-order valence-corrected chi connectivity index (χ1v) is 7.86. The van der Waals surface area contributed by atoms with Gasteiger partial charge in [0, 0.05) is 15.9 Å². The van der Waals surface area contributed by atoms with Gasteiger partial charge in [-0.05, 0) is 44.4 Å². The Morgan fingerprint density at radius 1 is 1.06 bits per heavy atom. The van der Waals surface area contributed by atoms with Gasteiger partial charge in [-0.15, -0.1) is 23.5 Å². The molecule has 0 saturated carbocycles. The Labute approximate surface area is 112 Å². The van der Waals surface area contributed by atoms with Crippen LogP contribution in [0.15, 0.2) is 22.4 Å². The Hall–Kier alpha value is -0.670. The number of carbonyl (C=O) groups is 1. The molecule has 0 bridgehead atoms. The zero-order chi connectivity index (χ0) is 13.0. The lowest BCUT2D eigenvalue weighted by atomic mass is 9.97. The Bertz CT molecular complexity index is 432. The summed E-state index contributed by atoms with van der Waals surface area (Å²) in [7, 11) is 0. The molecule has 1 aromatic carbocycles. The van der Waals surface area contributed by atoms with Crippen LogP contribution in [0.25, 0.3) is 0 Å². The highest BCUT2D eigenvalue weighted by Gasteiger charge is 2.11. The molecule has 0 heterocycles. The SMILES string of the molecule is CSC(=CC(=O)c1c(C)cc(C)cc1C)SC. The van der Waals surface area contributed by atoms with Crippen molar-refractivity contribution < 1.29 is 4.79 Å². The Kier molecular flexibility index (Phi) is 5.34. The van der Waals surface area contributed by atoms with E-state index in [-0.39, 0.29) is 5.78 Å². The Morgan fingerprint density at radius 2 is 1.53 bits per heavy atom. The third-order valence-electron chi connectivity index (χ3n) is 2.57. The largest absolute Gasteiger partial charge is 0.289 e. The molecule has 0 aliphatic heterocycles. The molecular formula is C14H18OS2. The predicted octanol–water partition coefficient (Wildman–Crippen LogP) is 4.36. The zero-order valence-corrected chi connectivity index (χ0v) is 12.6. The number of rotatable bonds is 4. The van der Waals surface area contributed by atoms with Crippen LogP contribution in [-0.4, -0.2) is 18.3 Å². The van der Waals surface area contributed by atoms with Crippen molar-refractivity contribution in [3.05, 3.63) is 44.7 Å². The van der Waals surface area contributed by atoms with Crippen molar-refractivity contribution in [3.63, 3.8) is 0 Å². The first-order chi connectivity index (χ1) is 7.99. The molecule has 0 spiro atoms. The lowest BCUT2D eigenvalue weighted by Crippen LogP contribution is -2.02. The number of hydrogen-bond donors (Lipinski definition) is 0. The molecule has 1 nitrogen and oxygen atoms in total. The molecule has 0 fully saturated rings. The number of thioether (sulfide) groups is 2. The summed E-state index contributed by atoms with van der Waals surface area (Å²) >= 11 is 3.22. The fraction of sp³-hybridized carbons (Fsp3) is 0.357. The van der Waals surface area contributed by atoms with Crippen LogP contribution in [0, 0.1) is 20.8 Å². The van der Waals surface area contributed by atoms with Crippen LogP contribution in [0.1, 0.15) is 27.0 Å². The molecule has 3 heteroatoms. The summed E-state index contributed by atoms with van der Waals surface area (Å²) in [5, 5.41) is 0. The summed E-state index contributed by atoms with van der Waals surface area (Å²) < 4.78 is 1.05. The highest BCUT2D eigenvalue weighted by atomic mass is 32.2. The van der Waals surface area contributed by atoms with E-state index in [9.17, 15) is 4.79 Å². The molecule has 0 N–H and O–H groups in total. The van der Waals surface area contributed by atoms with Gasteiger partial charge in [-0.25, -0.2) is 0 Å². The fourth-order valence-electron chi connectivity index (χ4n) is 1.95. The maximum absolute atomic E-state index is 12.2. The van der Waals surface area contributed by atoms with Crippen LogP contribution < -0.4 is 0 Å². The first-order valence-electron chi connectivity index (χ1n) is 5.41. The summed E-state index contributed by atoms with van der Waals surface area (Å²) in [6.45, 7) is 6.05. The standard InChI is InChI=1S/C14H18OS2/c1-9-6-10(2)14(11(3)7-9)12(15)8-13(16-4)17-5/h6-8H,1-5H3. The molecule has 0 radical (unpaired) electrons. The fourth-order valence-corrected chi connectivity index (χ4v) is 3.07. The summed E-state index contributed by atoms with van der Waals surface area (Å²) in [6, 6.07) is 4.12. The minimum Gasteiger partial charge on any atom is -0.289 e. The molecule has 0 aliphatic carbocycles. The van der Waals surface area contributed by atoms with Gasteiger partial charge in [0.25, 0.3) is 0 Å². The van der Waals surface area contributed by atoms with Crippen LogP contribution in [0.2, 0.25) is 0 Å². The van der Waals surface area contributed by atoms with E-state index in [0.717, 1.165) is 20.9 Å². The van der Waals surface area contributed by atoms with Gasteiger partial charge in [0.2, 0.25) is 0 Å². The highest BCUT2D eigenvalue weighted by molar-refractivity contribution is 8.21. The second-order valence-corrected chi connectivity index (χ2v) is 5.96. The molecule has 0 amide bonds. The summed E-state index contributed by atoms with van der Waals surface area (Å²) in [4.78, 5) is 12.2. The summed E-state index contributed by atoms with van der Waals surface area (Å²) in [5.41, 5.74) is 4.17. The number of hydrogen-bond acceptors (Lipinski definition) is 3. The Balaban J connectivity index is 3.17. The first kappa shape index (κ1) is 14.4. The van der Waals surface area contributed by atoms with E-state index < -0.39 is 0 Å². The van der Waals surface area contributed by atoms with Gasteiger partial charge in [-0.1, -0.05) is 17.7 Å². The van der Waals surface area contributed by atoms with Gasteiger partial charge in [0.05, 0.1) is 0 Å². The molecule has 1 rings (SSSR count). The molecule has 92 valence electrons. The maximum atomic E-state index is 12.2. The van der Waals surface area contributed by atoms with Crippen molar-refractivity contribution in [2.45, 2.75) is 20.8 Å². The second-order valence-electron chi connectivity index (χ2n) is 4.01. The van der Waals surface area contributed by atoms with Crippen LogP contribution in [-0.2, 0) is 0 Å². The summed E-state index contributed by atoms with van der Waals surface area (Å²) in [6.07, 6.45) is 5.72. The van der Waals surface area contributed by atoms with E-state index >= 15 is 0 Å². The smallest absolute Gasteiger partial charge is 0.188 e. The van der Waals surface area contributed by atoms with E-state index in [0.29, 0.717) is 0 Å². The number of aryl methyl sites for hydroxylation is 3. The van der Waals surface area contributed by atoms with Gasteiger partial charge < -0.3 is 0 Å². The van der Waals surface area contributed by atoms with E-state index in [4.69, 9.17) is 0 Å². The van der Waals surface area contributed by atoms with E-state index in [1.165, 1.54) is 5.56 Å². The minimum atomic E-state index is 0.110. The minimum absolute atomic E-state index is 0.110. The molecule has 0 aromatic heterocycles. The molecule has 0 unspecified atom stereocenters. The third-order valence-corrected chi connectivity index (χ3v) is 4.62.